The molecule has 19 heavy (non-hydrogen) atoms. The molecule has 8 heteroatoms. The summed E-state index contributed by atoms with van der Waals surface area (Å²) in [5.74, 6) is 0.701. The van der Waals surface area contributed by atoms with Gasteiger partial charge in [-0.15, -0.1) is 13.2 Å². The number of oxazole rings is 1. The van der Waals surface area contributed by atoms with E-state index in [2.05, 4.69) is 9.72 Å². The van der Waals surface area contributed by atoms with Gasteiger partial charge in [-0.3, -0.25) is 4.74 Å². The van der Waals surface area contributed by atoms with Gasteiger partial charge in [0.05, 0.1) is 12.8 Å². The maximum absolute atomic E-state index is 11.7. The standard InChI is InChI=1S/C11H13F3N2O3/c12-11(13,14)18-2-1-17-8-16-3-7(19-8)9-4-10(15,5-9)6-9/h3H,1-2,4-6,15H2. The van der Waals surface area contributed by atoms with E-state index in [1.165, 1.54) is 0 Å². The summed E-state index contributed by atoms with van der Waals surface area (Å²) in [4.78, 5) is 3.88. The molecule has 0 spiro atoms. The minimum Gasteiger partial charge on any atom is -0.448 e. The quantitative estimate of drug-likeness (QED) is 0.830. The second-order valence-corrected chi connectivity index (χ2v) is 5.31. The Kier molecular flexibility index (Phi) is 2.59. The van der Waals surface area contributed by atoms with Crippen molar-refractivity contribution in [2.75, 3.05) is 13.2 Å². The van der Waals surface area contributed by atoms with Gasteiger partial charge >= 0.3 is 12.4 Å². The van der Waals surface area contributed by atoms with Crippen LogP contribution in [0.15, 0.2) is 10.6 Å². The summed E-state index contributed by atoms with van der Waals surface area (Å²) >= 11 is 0. The Balaban J connectivity index is 1.47. The van der Waals surface area contributed by atoms with E-state index in [1.54, 1.807) is 6.20 Å². The fourth-order valence-electron chi connectivity index (χ4n) is 2.98. The third kappa shape index (κ3) is 2.30. The lowest BCUT2D eigenvalue weighted by molar-refractivity contribution is -0.325. The molecule has 3 aliphatic carbocycles. The summed E-state index contributed by atoms with van der Waals surface area (Å²) in [6.07, 6.45) is -0.522. The number of ether oxygens (including phenoxy) is 2. The predicted molar refractivity (Wildman–Crippen MR) is 56.5 cm³/mol. The topological polar surface area (TPSA) is 70.5 Å². The number of nitrogens with two attached hydrogens (primary N) is 1. The highest BCUT2D eigenvalue weighted by atomic mass is 19.4. The van der Waals surface area contributed by atoms with Crippen LogP contribution in [0.3, 0.4) is 0 Å². The molecule has 0 radical (unpaired) electrons. The van der Waals surface area contributed by atoms with Gasteiger partial charge in [0.25, 0.3) is 0 Å². The molecule has 3 saturated carbocycles. The molecule has 1 heterocycles. The van der Waals surface area contributed by atoms with Gasteiger partial charge < -0.3 is 14.9 Å². The first-order valence-electron chi connectivity index (χ1n) is 5.89. The van der Waals surface area contributed by atoms with Crippen LogP contribution in [-0.4, -0.2) is 30.1 Å². The number of nitrogens with zero attached hydrogens (tertiary/aromatic N) is 1. The van der Waals surface area contributed by atoms with E-state index in [0.29, 0.717) is 5.76 Å². The van der Waals surface area contributed by atoms with Crippen LogP contribution in [-0.2, 0) is 10.2 Å². The zero-order valence-corrected chi connectivity index (χ0v) is 10.00. The molecule has 5 nitrogen and oxygen atoms in total. The highest BCUT2D eigenvalue weighted by molar-refractivity contribution is 5.35. The van der Waals surface area contributed by atoms with Crippen LogP contribution in [0.1, 0.15) is 25.0 Å². The molecule has 0 amide bonds. The summed E-state index contributed by atoms with van der Waals surface area (Å²) in [7, 11) is 0. The van der Waals surface area contributed by atoms with Crippen molar-refractivity contribution < 1.29 is 27.1 Å². The van der Waals surface area contributed by atoms with Crippen molar-refractivity contribution in [3.63, 3.8) is 0 Å². The van der Waals surface area contributed by atoms with Crippen molar-refractivity contribution >= 4 is 0 Å². The van der Waals surface area contributed by atoms with Crippen LogP contribution in [0.5, 0.6) is 6.08 Å². The van der Waals surface area contributed by atoms with E-state index in [9.17, 15) is 13.2 Å². The molecule has 2 N–H and O–H groups in total. The predicted octanol–water partition coefficient (Wildman–Crippen LogP) is 1.72. The van der Waals surface area contributed by atoms with Gasteiger partial charge in [0.1, 0.15) is 12.4 Å². The second kappa shape index (κ2) is 3.86. The molecular weight excluding hydrogens is 265 g/mol. The van der Waals surface area contributed by atoms with Crippen LogP contribution in [0.4, 0.5) is 13.2 Å². The van der Waals surface area contributed by atoms with E-state index in [-0.39, 0.29) is 23.6 Å². The highest BCUT2D eigenvalue weighted by Crippen LogP contribution is 2.66. The monoisotopic (exact) mass is 278 g/mol. The Morgan fingerprint density at radius 3 is 2.58 bits per heavy atom. The fraction of sp³-hybridized carbons (Fsp3) is 0.727. The summed E-state index contributed by atoms with van der Waals surface area (Å²) in [5, 5.41) is 0. The molecule has 0 saturated heterocycles. The maximum atomic E-state index is 11.7. The molecule has 0 aromatic carbocycles. The van der Waals surface area contributed by atoms with Crippen LogP contribution < -0.4 is 10.5 Å². The minimum absolute atomic E-state index is 0.0220. The molecule has 0 atom stereocenters. The molecule has 3 aliphatic rings. The SMILES string of the molecule is NC12CC(c3cnc(OCCOC(F)(F)F)o3)(C1)C2. The van der Waals surface area contributed by atoms with Gasteiger partial charge in [0.15, 0.2) is 0 Å². The molecule has 3 fully saturated rings. The third-order valence-corrected chi connectivity index (χ3v) is 3.65. The van der Waals surface area contributed by atoms with Gasteiger partial charge in [-0.2, -0.15) is 4.98 Å². The number of halogens is 3. The summed E-state index contributed by atoms with van der Waals surface area (Å²) < 4.78 is 49.0. The number of hydrogen-bond donors (Lipinski definition) is 1. The Hall–Kier alpha value is -1.28. The lowest BCUT2D eigenvalue weighted by atomic mass is 9.39. The van der Waals surface area contributed by atoms with Crippen LogP contribution in [0, 0.1) is 0 Å². The summed E-state index contributed by atoms with van der Waals surface area (Å²) in [5.41, 5.74) is 5.87. The largest absolute Gasteiger partial charge is 0.522 e. The zero-order valence-electron chi connectivity index (χ0n) is 10.00. The average Bonchev–Trinajstić information content (AvgIpc) is 2.66. The number of alkyl halides is 3. The lowest BCUT2D eigenvalue weighted by Crippen LogP contribution is -2.74. The van der Waals surface area contributed by atoms with Crippen LogP contribution >= 0.6 is 0 Å². The molecule has 0 aliphatic heterocycles. The van der Waals surface area contributed by atoms with E-state index in [4.69, 9.17) is 14.9 Å². The van der Waals surface area contributed by atoms with Gasteiger partial charge in [0, 0.05) is 11.0 Å². The third-order valence-electron chi connectivity index (χ3n) is 3.65. The second-order valence-electron chi connectivity index (χ2n) is 5.31. The van der Waals surface area contributed by atoms with Crippen molar-refractivity contribution in [2.24, 2.45) is 5.73 Å². The molecule has 1 aromatic heterocycles. The molecular formula is C11H13F3N2O3. The Labute approximate surface area is 106 Å². The first kappa shape index (κ1) is 12.7. The smallest absolute Gasteiger partial charge is 0.448 e. The van der Waals surface area contributed by atoms with Gasteiger partial charge in [-0.1, -0.05) is 0 Å². The van der Waals surface area contributed by atoms with Crippen molar-refractivity contribution in [3.8, 4) is 6.08 Å². The zero-order chi connectivity index (χ0) is 13.7. The molecule has 106 valence electrons. The first-order chi connectivity index (χ1) is 8.80. The van der Waals surface area contributed by atoms with E-state index in [0.717, 1.165) is 19.3 Å². The van der Waals surface area contributed by atoms with Crippen LogP contribution in [0.25, 0.3) is 0 Å². The normalized spacial score (nSPS) is 32.6. The lowest BCUT2D eigenvalue weighted by Gasteiger charge is -2.67. The number of rotatable bonds is 5. The average molecular weight is 278 g/mol. The Morgan fingerprint density at radius 1 is 1.32 bits per heavy atom. The molecule has 4 rings (SSSR count). The molecule has 2 bridgehead atoms. The minimum atomic E-state index is -4.65. The van der Waals surface area contributed by atoms with Gasteiger partial charge in [-0.25, -0.2) is 0 Å². The number of aromatic nitrogens is 1. The maximum Gasteiger partial charge on any atom is 0.522 e. The number of hydrogen-bond acceptors (Lipinski definition) is 5. The summed E-state index contributed by atoms with van der Waals surface area (Å²) in [6.45, 7) is -0.869. The van der Waals surface area contributed by atoms with Crippen LogP contribution in [0.2, 0.25) is 0 Å². The molecule has 1 aromatic rings. The van der Waals surface area contributed by atoms with Crippen molar-refractivity contribution in [1.82, 2.24) is 4.98 Å². The van der Waals surface area contributed by atoms with Crippen molar-refractivity contribution in [2.45, 2.75) is 36.6 Å². The Bertz CT molecular complexity index is 466. The van der Waals surface area contributed by atoms with E-state index >= 15 is 0 Å². The van der Waals surface area contributed by atoms with E-state index in [1.807, 2.05) is 0 Å². The van der Waals surface area contributed by atoms with Crippen molar-refractivity contribution in [3.05, 3.63) is 12.0 Å². The summed E-state index contributed by atoms with van der Waals surface area (Å²) in [6, 6.07) is 0. The highest BCUT2D eigenvalue weighted by Gasteiger charge is 2.68. The first-order valence-corrected chi connectivity index (χ1v) is 5.89. The van der Waals surface area contributed by atoms with Gasteiger partial charge in [-0.05, 0) is 19.3 Å². The van der Waals surface area contributed by atoms with E-state index < -0.39 is 13.0 Å². The fourth-order valence-corrected chi connectivity index (χ4v) is 2.98. The van der Waals surface area contributed by atoms with Gasteiger partial charge in [0.2, 0.25) is 0 Å². The molecule has 0 unspecified atom stereocenters. The Morgan fingerprint density at radius 2 is 2.00 bits per heavy atom. The van der Waals surface area contributed by atoms with Crippen molar-refractivity contribution in [1.29, 1.82) is 0 Å².